The molecule has 0 radical (unpaired) electrons. The van der Waals surface area contributed by atoms with Crippen molar-refractivity contribution in [2.45, 2.75) is 101 Å². The zero-order valence-corrected chi connectivity index (χ0v) is 51.2. The summed E-state index contributed by atoms with van der Waals surface area (Å²) in [6.07, 6.45) is 14.1. The number of anilines is 6. The number of rotatable bonds is 10. The Morgan fingerprint density at radius 1 is 0.301 bits per heavy atom. The summed E-state index contributed by atoms with van der Waals surface area (Å²) < 4.78 is 0. The molecule has 0 aromatic heterocycles. The molecule has 0 saturated heterocycles. The fourth-order valence-corrected chi connectivity index (χ4v) is 15.8. The number of hydrogen-bond donors (Lipinski definition) is 0. The van der Waals surface area contributed by atoms with Crippen LogP contribution in [0.25, 0.3) is 57.7 Å². The Kier molecular flexibility index (Phi) is 12.9. The summed E-state index contributed by atoms with van der Waals surface area (Å²) in [5.41, 5.74) is 27.7. The predicted molar refractivity (Wildman–Crippen MR) is 360 cm³/mol. The van der Waals surface area contributed by atoms with Crippen molar-refractivity contribution in [3.05, 3.63) is 274 Å². The summed E-state index contributed by atoms with van der Waals surface area (Å²) in [5.74, 6) is 0. The second-order valence-electron chi connectivity index (χ2n) is 26.8. The van der Waals surface area contributed by atoms with Crippen molar-refractivity contribution < 1.29 is 0 Å². The number of benzene rings is 10. The summed E-state index contributed by atoms with van der Waals surface area (Å²) in [6.45, 7) is 23.2. The van der Waals surface area contributed by atoms with Gasteiger partial charge >= 0.3 is 0 Å². The monoisotopic (exact) mass is 1100 g/mol. The van der Waals surface area contributed by atoms with Crippen LogP contribution in [0.2, 0.25) is 0 Å². The molecule has 10 aromatic rings. The van der Waals surface area contributed by atoms with E-state index in [4.69, 9.17) is 0 Å². The molecule has 1 aliphatic heterocycles. The lowest BCUT2D eigenvalue weighted by atomic mass is 9.81. The van der Waals surface area contributed by atoms with Gasteiger partial charge in [-0.25, -0.2) is 0 Å². The highest BCUT2D eigenvalue weighted by molar-refractivity contribution is 8.33. The summed E-state index contributed by atoms with van der Waals surface area (Å²) >= 11 is 0. The normalized spacial score (nSPS) is 15.3. The van der Waals surface area contributed by atoms with Crippen LogP contribution in [-0.2, 0) is 21.7 Å². The average molecular weight is 1100 g/mol. The topological polar surface area (TPSA) is 6.48 Å². The quantitative estimate of drug-likeness (QED) is 0.126. The van der Waals surface area contributed by atoms with E-state index in [1.807, 2.05) is 0 Å². The third-order valence-corrected chi connectivity index (χ3v) is 21.1. The van der Waals surface area contributed by atoms with Gasteiger partial charge in [0.1, 0.15) is 0 Å². The Labute approximate surface area is 495 Å². The third-order valence-electron chi connectivity index (χ3n) is 18.2. The molecular formula is C80H76N2S. The number of hydrogen-bond acceptors (Lipinski definition) is 2. The van der Waals surface area contributed by atoms with Crippen LogP contribution in [0.15, 0.2) is 228 Å². The van der Waals surface area contributed by atoms with Gasteiger partial charge in [0.15, 0.2) is 0 Å². The fourth-order valence-electron chi connectivity index (χ4n) is 13.4. The van der Waals surface area contributed by atoms with Crippen molar-refractivity contribution in [1.29, 1.82) is 0 Å². The minimum atomic E-state index is -1.17. The lowest BCUT2D eigenvalue weighted by molar-refractivity contribution is 0.590. The van der Waals surface area contributed by atoms with Crippen molar-refractivity contribution in [3.8, 4) is 33.4 Å². The van der Waals surface area contributed by atoms with E-state index in [0.717, 1.165) is 22.7 Å². The van der Waals surface area contributed by atoms with E-state index in [1.165, 1.54) is 110 Å². The molecule has 0 bridgehead atoms. The van der Waals surface area contributed by atoms with Gasteiger partial charge in [0.05, 0.1) is 0 Å². The summed E-state index contributed by atoms with van der Waals surface area (Å²) in [5, 5.41) is 0. The van der Waals surface area contributed by atoms with Crippen molar-refractivity contribution >= 4 is 68.5 Å². The van der Waals surface area contributed by atoms with Crippen LogP contribution in [0.3, 0.4) is 0 Å². The van der Waals surface area contributed by atoms with Crippen LogP contribution in [-0.4, -0.2) is 12.5 Å². The highest BCUT2D eigenvalue weighted by atomic mass is 32.3. The second-order valence-corrected chi connectivity index (χ2v) is 30.3. The molecular weight excluding hydrogens is 1020 g/mol. The van der Waals surface area contributed by atoms with Crippen LogP contribution in [0.5, 0.6) is 0 Å². The van der Waals surface area contributed by atoms with Gasteiger partial charge in [-0.1, -0.05) is 215 Å². The molecule has 412 valence electrons. The van der Waals surface area contributed by atoms with Crippen molar-refractivity contribution in [3.63, 3.8) is 0 Å². The maximum atomic E-state index is 2.45. The molecule has 1 heterocycles. The number of nitrogens with zero attached hydrogens (tertiary/aromatic N) is 2. The third kappa shape index (κ3) is 9.48. The van der Waals surface area contributed by atoms with Crippen LogP contribution < -0.4 is 9.80 Å². The molecule has 0 atom stereocenters. The Balaban J connectivity index is 0.748. The molecule has 0 amide bonds. The van der Waals surface area contributed by atoms with E-state index in [-0.39, 0.29) is 21.7 Å². The lowest BCUT2D eigenvalue weighted by Gasteiger charge is -2.29. The highest BCUT2D eigenvalue weighted by Crippen LogP contribution is 2.67. The molecule has 2 aliphatic carbocycles. The maximum Gasteiger partial charge on any atom is 0.0465 e. The molecule has 3 heteroatoms. The SMILES string of the molecule is CC(C)(C)c1ccc(N(c2ccccc2)c2ccc3c(c2)C(C)(C)c2cc(/C=C/c4ccc5c(c4)-c4cc(/C=C/c6ccc7c(c6)C(C)(C)c6cc(N(c8ccccc8)c8ccc(C(C)(C)C)cc8)ccc6-7)ccc4S5(C)C)ccc2-3)cc1. The predicted octanol–water partition coefficient (Wildman–Crippen LogP) is 22.6. The van der Waals surface area contributed by atoms with Gasteiger partial charge in [0.25, 0.3) is 0 Å². The zero-order chi connectivity index (χ0) is 57.8. The van der Waals surface area contributed by atoms with E-state index >= 15 is 0 Å². The molecule has 83 heavy (non-hydrogen) atoms. The second kappa shape index (κ2) is 19.9. The molecule has 13 rings (SSSR count). The maximum absolute atomic E-state index is 2.45. The molecule has 3 aliphatic rings. The van der Waals surface area contributed by atoms with Gasteiger partial charge in [-0.05, 0) is 209 Å². The largest absolute Gasteiger partial charge is 0.310 e. The van der Waals surface area contributed by atoms with Crippen LogP contribution in [0.1, 0.15) is 125 Å². The smallest absolute Gasteiger partial charge is 0.0465 e. The minimum Gasteiger partial charge on any atom is -0.310 e. The van der Waals surface area contributed by atoms with Gasteiger partial charge in [-0.2, -0.15) is 10.0 Å². The number of para-hydroxylation sites is 2. The molecule has 0 fully saturated rings. The van der Waals surface area contributed by atoms with Crippen molar-refractivity contribution in [2.24, 2.45) is 0 Å². The molecule has 0 spiro atoms. The number of fused-ring (bicyclic) bond motifs is 9. The summed E-state index contributed by atoms with van der Waals surface area (Å²) in [4.78, 5) is 7.71. The lowest BCUT2D eigenvalue weighted by Crippen LogP contribution is -2.17. The summed E-state index contributed by atoms with van der Waals surface area (Å²) in [7, 11) is -1.17. The van der Waals surface area contributed by atoms with Crippen LogP contribution in [0.4, 0.5) is 34.1 Å². The standard InChI is InChI=1S/C80H76N2S/c1-77(2,3)57-31-35-61(36-32-57)81(59-19-15-13-16-20-59)63-39-43-67-65-41-27-55(49-71(65)79(7,8)73(67)51-63)25-23-53-29-45-75-69(47-53)70-48-54(30-46-76(70)83(75,11)12)24-26-56-28-42-66-68-44-40-64(52-74(68)80(9,10)72(66)50-56)82(60-21-17-14-18-22-60)62-37-33-58(34-38-62)78(4,5)6/h13-52H,1-12H3/b25-23+,26-24+. The van der Waals surface area contributed by atoms with Crippen molar-refractivity contribution in [1.82, 2.24) is 0 Å². The van der Waals surface area contributed by atoms with Gasteiger partial charge in [0.2, 0.25) is 0 Å². The Hall–Kier alpha value is -8.37. The molecule has 0 saturated carbocycles. The molecule has 0 unspecified atom stereocenters. The van der Waals surface area contributed by atoms with Crippen molar-refractivity contribution in [2.75, 3.05) is 22.3 Å². The first-order chi connectivity index (χ1) is 39.6. The van der Waals surface area contributed by atoms with E-state index in [0.29, 0.717) is 0 Å². The molecule has 0 N–H and O–H groups in total. The van der Waals surface area contributed by atoms with Gasteiger partial charge in [-0.3, -0.25) is 0 Å². The molecule has 2 nitrogen and oxygen atoms in total. The van der Waals surface area contributed by atoms with Crippen LogP contribution >= 0.6 is 10.0 Å². The van der Waals surface area contributed by atoms with E-state index in [1.54, 1.807) is 0 Å². The minimum absolute atomic E-state index is 0.0868. The van der Waals surface area contributed by atoms with E-state index in [2.05, 4.69) is 334 Å². The molecule has 10 aromatic carbocycles. The zero-order valence-electron chi connectivity index (χ0n) is 50.4. The van der Waals surface area contributed by atoms with Gasteiger partial charge in [0, 0.05) is 54.7 Å². The average Bonchev–Trinajstić information content (AvgIpc) is 1.86. The Morgan fingerprint density at radius 2 is 0.590 bits per heavy atom. The fraction of sp³-hybridized carbons (Fsp3) is 0.200. The van der Waals surface area contributed by atoms with E-state index in [9.17, 15) is 0 Å². The van der Waals surface area contributed by atoms with E-state index < -0.39 is 10.0 Å². The Bertz CT molecular complexity index is 3940. The first-order valence-corrected chi connectivity index (χ1v) is 32.0. The summed E-state index contributed by atoms with van der Waals surface area (Å²) in [6, 6.07) is 82.3. The van der Waals surface area contributed by atoms with Gasteiger partial charge in [-0.15, -0.1) is 0 Å². The first-order valence-electron chi connectivity index (χ1n) is 29.5. The highest BCUT2D eigenvalue weighted by Gasteiger charge is 2.38. The van der Waals surface area contributed by atoms with Crippen LogP contribution in [0, 0.1) is 0 Å². The van der Waals surface area contributed by atoms with Gasteiger partial charge < -0.3 is 9.80 Å². The Morgan fingerprint density at radius 3 is 0.940 bits per heavy atom. The first kappa shape index (κ1) is 53.9.